The summed E-state index contributed by atoms with van der Waals surface area (Å²) in [6, 6.07) is 0.198. The summed E-state index contributed by atoms with van der Waals surface area (Å²) >= 11 is 0. The van der Waals surface area contributed by atoms with Crippen molar-refractivity contribution in [2.75, 3.05) is 33.9 Å². The summed E-state index contributed by atoms with van der Waals surface area (Å²) in [5.41, 5.74) is 0. The molecule has 1 aliphatic carbocycles. The molecule has 1 N–H and O–H groups in total. The first-order chi connectivity index (χ1) is 10.0. The van der Waals surface area contributed by atoms with E-state index in [0.29, 0.717) is 0 Å². The first kappa shape index (κ1) is 17.4. The van der Waals surface area contributed by atoms with Crippen LogP contribution >= 0.6 is 0 Å². The van der Waals surface area contributed by atoms with E-state index in [0.717, 1.165) is 25.7 Å². The Labute approximate surface area is 124 Å². The Kier molecular flexibility index (Phi) is 7.74. The Balaban J connectivity index is 2.46. The lowest BCUT2D eigenvalue weighted by atomic mass is 9.95. The van der Waals surface area contributed by atoms with Crippen LogP contribution in [0.3, 0.4) is 0 Å². The summed E-state index contributed by atoms with van der Waals surface area (Å²) in [6.45, 7) is -0.270. The van der Waals surface area contributed by atoms with Crippen molar-refractivity contribution in [3.05, 3.63) is 0 Å². The minimum Gasteiger partial charge on any atom is -0.468 e. The van der Waals surface area contributed by atoms with Gasteiger partial charge in [0, 0.05) is 6.04 Å². The highest BCUT2D eigenvalue weighted by atomic mass is 16.5. The van der Waals surface area contributed by atoms with Gasteiger partial charge in [0.1, 0.15) is 0 Å². The molecule has 0 unspecified atom stereocenters. The van der Waals surface area contributed by atoms with Gasteiger partial charge >= 0.3 is 11.9 Å². The standard InChI is InChI=1S/C14H24N2O5/c1-20-13(18)9-16(10-14(19)21-2)8-12(17)15-11-6-4-3-5-7-11/h11H,3-10H2,1-2H3,(H,15,17). The largest absolute Gasteiger partial charge is 0.468 e. The molecule has 1 rings (SSSR count). The number of hydrogen-bond acceptors (Lipinski definition) is 6. The first-order valence-corrected chi connectivity index (χ1v) is 7.20. The van der Waals surface area contributed by atoms with Gasteiger partial charge in [0.2, 0.25) is 5.91 Å². The molecule has 0 radical (unpaired) electrons. The van der Waals surface area contributed by atoms with Crippen LogP contribution in [0.25, 0.3) is 0 Å². The van der Waals surface area contributed by atoms with E-state index in [9.17, 15) is 14.4 Å². The zero-order valence-corrected chi connectivity index (χ0v) is 12.7. The molecule has 0 aromatic heterocycles. The van der Waals surface area contributed by atoms with E-state index < -0.39 is 11.9 Å². The average molecular weight is 300 g/mol. The van der Waals surface area contributed by atoms with Crippen molar-refractivity contribution in [3.8, 4) is 0 Å². The van der Waals surface area contributed by atoms with Crippen molar-refractivity contribution < 1.29 is 23.9 Å². The molecule has 1 amide bonds. The Bertz CT molecular complexity index is 348. The van der Waals surface area contributed by atoms with Crippen LogP contribution in [0, 0.1) is 0 Å². The second-order valence-electron chi connectivity index (χ2n) is 5.20. The van der Waals surface area contributed by atoms with Crippen molar-refractivity contribution in [1.29, 1.82) is 0 Å². The van der Waals surface area contributed by atoms with Crippen molar-refractivity contribution in [1.82, 2.24) is 10.2 Å². The van der Waals surface area contributed by atoms with Crippen LogP contribution in [0.2, 0.25) is 0 Å². The van der Waals surface area contributed by atoms with Crippen molar-refractivity contribution in [2.45, 2.75) is 38.1 Å². The lowest BCUT2D eigenvalue weighted by molar-refractivity contribution is -0.146. The lowest BCUT2D eigenvalue weighted by Crippen LogP contribution is -2.45. The second-order valence-corrected chi connectivity index (χ2v) is 5.20. The zero-order chi connectivity index (χ0) is 15.7. The van der Waals surface area contributed by atoms with Gasteiger partial charge in [-0.1, -0.05) is 19.3 Å². The van der Waals surface area contributed by atoms with Gasteiger partial charge in [0.05, 0.1) is 33.9 Å². The van der Waals surface area contributed by atoms with Gasteiger partial charge in [-0.3, -0.25) is 19.3 Å². The highest BCUT2D eigenvalue weighted by molar-refractivity contribution is 5.81. The number of hydrogen-bond donors (Lipinski definition) is 1. The molecule has 0 atom stereocenters. The molecule has 0 aliphatic heterocycles. The summed E-state index contributed by atoms with van der Waals surface area (Å²) in [5, 5.41) is 2.95. The van der Waals surface area contributed by atoms with Crippen molar-refractivity contribution in [3.63, 3.8) is 0 Å². The van der Waals surface area contributed by atoms with E-state index >= 15 is 0 Å². The average Bonchev–Trinajstić information content (AvgIpc) is 2.47. The number of carbonyl (C=O) groups is 3. The topological polar surface area (TPSA) is 84.9 Å². The highest BCUT2D eigenvalue weighted by Crippen LogP contribution is 2.17. The normalized spacial score (nSPS) is 15.6. The molecule has 0 bridgehead atoms. The molecule has 120 valence electrons. The fourth-order valence-electron chi connectivity index (χ4n) is 2.39. The van der Waals surface area contributed by atoms with Crippen LogP contribution in [0.15, 0.2) is 0 Å². The van der Waals surface area contributed by atoms with Crippen LogP contribution in [-0.2, 0) is 23.9 Å². The fraction of sp³-hybridized carbons (Fsp3) is 0.786. The maximum atomic E-state index is 12.0. The van der Waals surface area contributed by atoms with Crippen LogP contribution in [0.1, 0.15) is 32.1 Å². The van der Waals surface area contributed by atoms with E-state index in [2.05, 4.69) is 14.8 Å². The maximum Gasteiger partial charge on any atom is 0.319 e. The minimum atomic E-state index is -0.496. The predicted molar refractivity (Wildman–Crippen MR) is 75.5 cm³/mol. The molecule has 1 aliphatic rings. The third-order valence-electron chi connectivity index (χ3n) is 3.50. The van der Waals surface area contributed by atoms with E-state index in [1.807, 2.05) is 0 Å². The van der Waals surface area contributed by atoms with E-state index in [-0.39, 0.29) is 31.6 Å². The molecular weight excluding hydrogens is 276 g/mol. The van der Waals surface area contributed by atoms with E-state index in [1.165, 1.54) is 25.5 Å². The second kappa shape index (κ2) is 9.33. The molecule has 0 aromatic rings. The SMILES string of the molecule is COC(=O)CN(CC(=O)NC1CCCCC1)CC(=O)OC. The summed E-state index contributed by atoms with van der Waals surface area (Å²) in [4.78, 5) is 36.0. The molecule has 7 nitrogen and oxygen atoms in total. The molecule has 7 heteroatoms. The van der Waals surface area contributed by atoms with E-state index in [1.54, 1.807) is 0 Å². The fourth-order valence-corrected chi connectivity index (χ4v) is 2.39. The Morgan fingerprint density at radius 2 is 1.48 bits per heavy atom. The van der Waals surface area contributed by atoms with Crippen LogP contribution in [0.4, 0.5) is 0 Å². The number of esters is 2. The van der Waals surface area contributed by atoms with Gasteiger partial charge in [0.15, 0.2) is 0 Å². The number of methoxy groups -OCH3 is 2. The lowest BCUT2D eigenvalue weighted by Gasteiger charge is -2.25. The van der Waals surface area contributed by atoms with Crippen LogP contribution in [-0.4, -0.2) is 62.6 Å². The van der Waals surface area contributed by atoms with Gasteiger partial charge in [0.25, 0.3) is 0 Å². The Morgan fingerprint density at radius 3 is 1.95 bits per heavy atom. The first-order valence-electron chi connectivity index (χ1n) is 7.20. The smallest absolute Gasteiger partial charge is 0.319 e. The number of amides is 1. The predicted octanol–water partition coefficient (Wildman–Crippen LogP) is 0.0833. The molecule has 1 fully saturated rings. The molecule has 21 heavy (non-hydrogen) atoms. The number of ether oxygens (including phenoxy) is 2. The molecule has 0 aromatic carbocycles. The quantitative estimate of drug-likeness (QED) is 0.670. The van der Waals surface area contributed by atoms with E-state index in [4.69, 9.17) is 0 Å². The third-order valence-corrected chi connectivity index (χ3v) is 3.50. The third kappa shape index (κ3) is 7.08. The van der Waals surface area contributed by atoms with Gasteiger partial charge in [-0.15, -0.1) is 0 Å². The Hall–Kier alpha value is -1.63. The molecule has 0 saturated heterocycles. The van der Waals surface area contributed by atoms with Gasteiger partial charge < -0.3 is 14.8 Å². The number of nitrogens with one attached hydrogen (secondary N) is 1. The number of rotatable bonds is 7. The maximum absolute atomic E-state index is 12.0. The van der Waals surface area contributed by atoms with Gasteiger partial charge in [-0.05, 0) is 12.8 Å². The van der Waals surface area contributed by atoms with Crippen molar-refractivity contribution in [2.24, 2.45) is 0 Å². The molecule has 0 spiro atoms. The van der Waals surface area contributed by atoms with Crippen molar-refractivity contribution >= 4 is 17.8 Å². The molecule has 0 heterocycles. The van der Waals surface area contributed by atoms with Crippen LogP contribution in [0.5, 0.6) is 0 Å². The summed E-state index contributed by atoms with van der Waals surface area (Å²) in [7, 11) is 2.53. The molecule has 1 saturated carbocycles. The van der Waals surface area contributed by atoms with Gasteiger partial charge in [-0.25, -0.2) is 0 Å². The summed E-state index contributed by atoms with van der Waals surface area (Å²) < 4.78 is 9.13. The Morgan fingerprint density at radius 1 is 0.952 bits per heavy atom. The van der Waals surface area contributed by atoms with Crippen LogP contribution < -0.4 is 5.32 Å². The monoisotopic (exact) mass is 300 g/mol. The summed E-state index contributed by atoms with van der Waals surface area (Å²) in [6.07, 6.45) is 5.43. The highest BCUT2D eigenvalue weighted by Gasteiger charge is 2.21. The molecular formula is C14H24N2O5. The zero-order valence-electron chi connectivity index (χ0n) is 12.7. The number of carbonyl (C=O) groups excluding carboxylic acids is 3. The summed E-state index contributed by atoms with van der Waals surface area (Å²) in [5.74, 6) is -1.18. The van der Waals surface area contributed by atoms with Gasteiger partial charge in [-0.2, -0.15) is 0 Å². The number of nitrogens with zero attached hydrogens (tertiary/aromatic N) is 1. The minimum absolute atomic E-state index is 0.0271.